The number of hydrogen-bond acceptors (Lipinski definition) is 4. The molecule has 2 amide bonds. The molecule has 1 saturated carbocycles. The molecular formula is C27H30N2O5. The molecule has 1 saturated heterocycles. The van der Waals surface area contributed by atoms with E-state index in [2.05, 4.69) is 29.6 Å². The number of amides is 2. The highest BCUT2D eigenvalue weighted by molar-refractivity contribution is 5.86. The van der Waals surface area contributed by atoms with Crippen LogP contribution in [0.1, 0.15) is 49.1 Å². The molecule has 1 heterocycles. The third-order valence-corrected chi connectivity index (χ3v) is 7.28. The molecular weight excluding hydrogens is 432 g/mol. The van der Waals surface area contributed by atoms with Crippen LogP contribution in [0.25, 0.3) is 11.1 Å². The summed E-state index contributed by atoms with van der Waals surface area (Å²) < 4.78 is 5.65. The van der Waals surface area contributed by atoms with Gasteiger partial charge in [-0.25, -0.2) is 4.79 Å². The minimum atomic E-state index is -0.874. The van der Waals surface area contributed by atoms with Gasteiger partial charge in [-0.15, -0.1) is 0 Å². The van der Waals surface area contributed by atoms with Crippen molar-refractivity contribution in [3.8, 4) is 11.1 Å². The molecule has 0 spiro atoms. The minimum absolute atomic E-state index is 0.0471. The number of piperidine rings is 1. The van der Waals surface area contributed by atoms with E-state index in [9.17, 15) is 19.5 Å². The zero-order chi connectivity index (χ0) is 23.7. The number of benzene rings is 2. The summed E-state index contributed by atoms with van der Waals surface area (Å²) in [6, 6.07) is 15.6. The standard InChI is InChI=1S/C27H30N2O5/c30-25(29-13-5-6-18(15-29)26(31)32)24(14-17-11-12-17)28-27(33)34-16-23-21-9-3-1-7-19(21)20-8-2-4-10-22(20)23/h1-4,7-10,17-18,23-24H,5-6,11-16H2,(H,28,33)(H,31,32)/t18-,24?/m0/s1. The molecule has 1 aliphatic heterocycles. The van der Waals surface area contributed by atoms with E-state index >= 15 is 0 Å². The summed E-state index contributed by atoms with van der Waals surface area (Å²) >= 11 is 0. The lowest BCUT2D eigenvalue weighted by atomic mass is 9.97. The van der Waals surface area contributed by atoms with Gasteiger partial charge in [0.05, 0.1) is 5.92 Å². The first kappa shape index (κ1) is 22.4. The number of carboxylic acids is 1. The fraction of sp³-hybridized carbons (Fsp3) is 0.444. The van der Waals surface area contributed by atoms with Crippen LogP contribution in [0.3, 0.4) is 0 Å². The van der Waals surface area contributed by atoms with Crippen LogP contribution in [-0.4, -0.2) is 53.7 Å². The molecule has 2 aliphatic carbocycles. The van der Waals surface area contributed by atoms with Gasteiger partial charge < -0.3 is 20.1 Å². The topological polar surface area (TPSA) is 95.9 Å². The van der Waals surface area contributed by atoms with Crippen molar-refractivity contribution in [3.05, 3.63) is 59.7 Å². The summed E-state index contributed by atoms with van der Waals surface area (Å²) in [7, 11) is 0. The Bertz CT molecular complexity index is 1050. The molecule has 7 nitrogen and oxygen atoms in total. The van der Waals surface area contributed by atoms with E-state index in [1.807, 2.05) is 24.3 Å². The first-order chi connectivity index (χ1) is 16.5. The zero-order valence-electron chi connectivity index (χ0n) is 19.1. The largest absolute Gasteiger partial charge is 0.481 e. The number of hydrogen-bond donors (Lipinski definition) is 2. The molecule has 0 radical (unpaired) electrons. The molecule has 34 heavy (non-hydrogen) atoms. The lowest BCUT2D eigenvalue weighted by Gasteiger charge is -2.33. The number of nitrogens with zero attached hydrogens (tertiary/aromatic N) is 1. The average Bonchev–Trinajstić information content (AvgIpc) is 3.62. The Morgan fingerprint density at radius 1 is 1.00 bits per heavy atom. The summed E-state index contributed by atoms with van der Waals surface area (Å²) in [5.41, 5.74) is 4.59. The number of ether oxygens (including phenoxy) is 1. The van der Waals surface area contributed by atoms with Crippen LogP contribution < -0.4 is 5.32 Å². The van der Waals surface area contributed by atoms with Crippen molar-refractivity contribution in [1.29, 1.82) is 0 Å². The smallest absolute Gasteiger partial charge is 0.407 e. The first-order valence-corrected chi connectivity index (χ1v) is 12.1. The maximum absolute atomic E-state index is 13.2. The van der Waals surface area contributed by atoms with E-state index in [0.29, 0.717) is 31.7 Å². The summed E-state index contributed by atoms with van der Waals surface area (Å²) in [4.78, 5) is 39.0. The number of nitrogens with one attached hydrogen (secondary N) is 1. The van der Waals surface area contributed by atoms with E-state index in [0.717, 1.165) is 35.1 Å². The van der Waals surface area contributed by atoms with Crippen molar-refractivity contribution in [1.82, 2.24) is 10.2 Å². The maximum Gasteiger partial charge on any atom is 0.407 e. The monoisotopic (exact) mass is 462 g/mol. The minimum Gasteiger partial charge on any atom is -0.481 e. The summed E-state index contributed by atoms with van der Waals surface area (Å²) in [5.74, 6) is -1.25. The second kappa shape index (κ2) is 9.49. The maximum atomic E-state index is 13.2. The average molecular weight is 463 g/mol. The van der Waals surface area contributed by atoms with Gasteiger partial charge in [0.15, 0.2) is 0 Å². The Balaban J connectivity index is 1.24. The van der Waals surface area contributed by atoms with Gasteiger partial charge in [0.2, 0.25) is 5.91 Å². The zero-order valence-corrected chi connectivity index (χ0v) is 19.1. The molecule has 5 rings (SSSR count). The molecule has 3 aliphatic rings. The molecule has 2 aromatic carbocycles. The van der Waals surface area contributed by atoms with Crippen LogP contribution in [0.15, 0.2) is 48.5 Å². The molecule has 1 unspecified atom stereocenters. The van der Waals surface area contributed by atoms with Gasteiger partial charge in [-0.1, -0.05) is 61.4 Å². The highest BCUT2D eigenvalue weighted by Gasteiger charge is 2.36. The number of rotatable bonds is 7. The van der Waals surface area contributed by atoms with Gasteiger partial charge in [-0.2, -0.15) is 0 Å². The lowest BCUT2D eigenvalue weighted by Crippen LogP contribution is -2.52. The van der Waals surface area contributed by atoms with Gasteiger partial charge >= 0.3 is 12.1 Å². The summed E-state index contributed by atoms with van der Waals surface area (Å²) in [6.07, 6.45) is 3.29. The van der Waals surface area contributed by atoms with Crippen LogP contribution in [0, 0.1) is 11.8 Å². The first-order valence-electron chi connectivity index (χ1n) is 12.1. The van der Waals surface area contributed by atoms with E-state index in [1.54, 1.807) is 4.90 Å². The normalized spacial score (nSPS) is 20.2. The third-order valence-electron chi connectivity index (χ3n) is 7.28. The quantitative estimate of drug-likeness (QED) is 0.648. The SMILES string of the molecule is O=C(NC(CC1CC1)C(=O)N1CCC[C@H](C(=O)O)C1)OCC1c2ccccc2-c2ccccc21. The van der Waals surface area contributed by atoms with Crippen molar-refractivity contribution in [2.24, 2.45) is 11.8 Å². The van der Waals surface area contributed by atoms with Crippen molar-refractivity contribution in [2.45, 2.75) is 44.1 Å². The van der Waals surface area contributed by atoms with Crippen molar-refractivity contribution in [2.75, 3.05) is 19.7 Å². The molecule has 2 aromatic rings. The summed E-state index contributed by atoms with van der Waals surface area (Å²) in [6.45, 7) is 0.910. The van der Waals surface area contributed by atoms with Crippen LogP contribution in [0.5, 0.6) is 0 Å². The van der Waals surface area contributed by atoms with Crippen LogP contribution in [-0.2, 0) is 14.3 Å². The van der Waals surface area contributed by atoms with E-state index < -0.39 is 24.0 Å². The lowest BCUT2D eigenvalue weighted by molar-refractivity contribution is -0.146. The Morgan fingerprint density at radius 3 is 2.26 bits per heavy atom. The fourth-order valence-electron chi connectivity index (χ4n) is 5.29. The number of fused-ring (bicyclic) bond motifs is 3. The van der Waals surface area contributed by atoms with E-state index in [-0.39, 0.29) is 25.0 Å². The van der Waals surface area contributed by atoms with Gasteiger partial charge in [0.1, 0.15) is 12.6 Å². The molecule has 178 valence electrons. The third kappa shape index (κ3) is 4.65. The van der Waals surface area contributed by atoms with Gasteiger partial charge in [0, 0.05) is 19.0 Å². The Labute approximate surface area is 199 Å². The van der Waals surface area contributed by atoms with Crippen molar-refractivity contribution in [3.63, 3.8) is 0 Å². The van der Waals surface area contributed by atoms with Crippen LogP contribution in [0.4, 0.5) is 4.79 Å². The highest BCUT2D eigenvalue weighted by atomic mass is 16.5. The van der Waals surface area contributed by atoms with Gasteiger partial charge in [-0.05, 0) is 47.4 Å². The van der Waals surface area contributed by atoms with Crippen molar-refractivity contribution < 1.29 is 24.2 Å². The molecule has 2 fully saturated rings. The number of carbonyl (C=O) groups excluding carboxylic acids is 2. The van der Waals surface area contributed by atoms with Crippen LogP contribution in [0.2, 0.25) is 0 Å². The molecule has 7 heteroatoms. The Hall–Kier alpha value is -3.35. The molecule has 0 aromatic heterocycles. The number of alkyl carbamates (subject to hydrolysis) is 1. The fourth-order valence-corrected chi connectivity index (χ4v) is 5.29. The number of carboxylic acid groups (broad SMARTS) is 1. The number of likely N-dealkylation sites (tertiary alicyclic amines) is 1. The highest BCUT2D eigenvalue weighted by Crippen LogP contribution is 2.44. The Morgan fingerprint density at radius 2 is 1.65 bits per heavy atom. The number of aliphatic carboxylic acids is 1. The van der Waals surface area contributed by atoms with E-state index in [1.165, 1.54) is 0 Å². The van der Waals surface area contributed by atoms with Gasteiger partial charge in [0.25, 0.3) is 0 Å². The molecule has 0 bridgehead atoms. The van der Waals surface area contributed by atoms with Crippen LogP contribution >= 0.6 is 0 Å². The van der Waals surface area contributed by atoms with Crippen molar-refractivity contribution >= 4 is 18.0 Å². The number of carbonyl (C=O) groups is 3. The molecule has 2 N–H and O–H groups in total. The second-order valence-electron chi connectivity index (χ2n) is 9.66. The molecule has 2 atom stereocenters. The van der Waals surface area contributed by atoms with Gasteiger partial charge in [-0.3, -0.25) is 9.59 Å². The summed E-state index contributed by atoms with van der Waals surface area (Å²) in [5, 5.41) is 12.2. The Kier molecular flexibility index (Phi) is 6.26. The predicted octanol–water partition coefficient (Wildman–Crippen LogP) is 4.02. The second-order valence-corrected chi connectivity index (χ2v) is 9.66. The van der Waals surface area contributed by atoms with E-state index in [4.69, 9.17) is 4.74 Å². The predicted molar refractivity (Wildman–Crippen MR) is 126 cm³/mol.